The maximum Gasteiger partial charge on any atom is 0.313 e. The van der Waals surface area contributed by atoms with Crippen LogP contribution in [0.4, 0.5) is 11.4 Å². The zero-order chi connectivity index (χ0) is 15.4. The SMILES string of the molecule is O=C(Nc1ccccc1N1CCOCC1)C(=O)N1CCCC1. The van der Waals surface area contributed by atoms with Gasteiger partial charge in [0.2, 0.25) is 0 Å². The topological polar surface area (TPSA) is 61.9 Å². The number of para-hydroxylation sites is 2. The standard InChI is InChI=1S/C16H21N3O3/c20-15(16(21)19-7-3-4-8-19)17-13-5-1-2-6-14(13)18-9-11-22-12-10-18/h1-2,5-6H,3-4,7-12H2,(H,17,20). The lowest BCUT2D eigenvalue weighted by Gasteiger charge is -2.30. The summed E-state index contributed by atoms with van der Waals surface area (Å²) >= 11 is 0. The number of ether oxygens (including phenoxy) is 1. The number of nitrogens with zero attached hydrogens (tertiary/aromatic N) is 2. The van der Waals surface area contributed by atoms with E-state index in [1.165, 1.54) is 0 Å². The van der Waals surface area contributed by atoms with E-state index < -0.39 is 11.8 Å². The minimum Gasteiger partial charge on any atom is -0.378 e. The van der Waals surface area contributed by atoms with Gasteiger partial charge in [0.1, 0.15) is 0 Å². The summed E-state index contributed by atoms with van der Waals surface area (Å²) in [5.74, 6) is -0.989. The number of benzene rings is 1. The lowest BCUT2D eigenvalue weighted by atomic mass is 10.2. The normalized spacial score (nSPS) is 18.4. The molecule has 2 aliphatic heterocycles. The zero-order valence-electron chi connectivity index (χ0n) is 12.6. The van der Waals surface area contributed by atoms with E-state index in [4.69, 9.17) is 4.74 Å². The maximum atomic E-state index is 12.2. The number of carbonyl (C=O) groups is 2. The van der Waals surface area contributed by atoms with Crippen LogP contribution in [0.3, 0.4) is 0 Å². The Hall–Kier alpha value is -2.08. The third-order valence-electron chi connectivity index (χ3n) is 4.09. The van der Waals surface area contributed by atoms with Crippen LogP contribution < -0.4 is 10.2 Å². The lowest BCUT2D eigenvalue weighted by Crippen LogP contribution is -2.39. The molecule has 0 atom stereocenters. The average molecular weight is 303 g/mol. The van der Waals surface area contributed by atoms with Gasteiger partial charge in [-0.25, -0.2) is 0 Å². The number of hydrogen-bond donors (Lipinski definition) is 1. The first-order valence-electron chi connectivity index (χ1n) is 7.78. The molecule has 2 saturated heterocycles. The summed E-state index contributed by atoms with van der Waals surface area (Å²) in [4.78, 5) is 28.1. The molecular formula is C16H21N3O3. The van der Waals surface area contributed by atoms with Crippen molar-refractivity contribution in [3.8, 4) is 0 Å². The van der Waals surface area contributed by atoms with Gasteiger partial charge in [-0.15, -0.1) is 0 Å². The monoisotopic (exact) mass is 303 g/mol. The first kappa shape index (κ1) is 14.8. The van der Waals surface area contributed by atoms with Gasteiger partial charge in [0.15, 0.2) is 0 Å². The molecule has 0 saturated carbocycles. The number of likely N-dealkylation sites (tertiary alicyclic amines) is 1. The van der Waals surface area contributed by atoms with Crippen LogP contribution in [-0.4, -0.2) is 56.1 Å². The van der Waals surface area contributed by atoms with Gasteiger partial charge in [-0.3, -0.25) is 9.59 Å². The Balaban J connectivity index is 1.71. The zero-order valence-corrected chi connectivity index (χ0v) is 12.6. The van der Waals surface area contributed by atoms with Crippen LogP contribution in [0.1, 0.15) is 12.8 Å². The molecule has 0 aliphatic carbocycles. The van der Waals surface area contributed by atoms with E-state index in [1.807, 2.05) is 24.3 Å². The number of morpholine rings is 1. The molecule has 0 unspecified atom stereocenters. The van der Waals surface area contributed by atoms with Crippen LogP contribution in [0.5, 0.6) is 0 Å². The second-order valence-corrected chi connectivity index (χ2v) is 5.57. The van der Waals surface area contributed by atoms with E-state index in [0.29, 0.717) is 32.0 Å². The molecule has 0 aromatic heterocycles. The minimum atomic E-state index is -0.553. The van der Waals surface area contributed by atoms with E-state index >= 15 is 0 Å². The summed E-state index contributed by atoms with van der Waals surface area (Å²) in [6, 6.07) is 7.59. The molecule has 1 aromatic rings. The van der Waals surface area contributed by atoms with Crippen molar-refractivity contribution in [3.05, 3.63) is 24.3 Å². The number of carbonyl (C=O) groups excluding carboxylic acids is 2. The Bertz CT molecular complexity index is 549. The summed E-state index contributed by atoms with van der Waals surface area (Å²) in [6.45, 7) is 4.28. The van der Waals surface area contributed by atoms with Crippen LogP contribution in [0.15, 0.2) is 24.3 Å². The molecule has 1 aromatic carbocycles. The van der Waals surface area contributed by atoms with Crippen molar-refractivity contribution in [1.29, 1.82) is 0 Å². The van der Waals surface area contributed by atoms with Crippen LogP contribution in [0.2, 0.25) is 0 Å². The third-order valence-corrected chi connectivity index (χ3v) is 4.09. The van der Waals surface area contributed by atoms with Crippen molar-refractivity contribution in [1.82, 2.24) is 4.90 Å². The fourth-order valence-electron chi connectivity index (χ4n) is 2.90. The Morgan fingerprint density at radius 3 is 2.41 bits per heavy atom. The highest BCUT2D eigenvalue weighted by atomic mass is 16.5. The predicted molar refractivity (Wildman–Crippen MR) is 83.9 cm³/mol. The molecule has 22 heavy (non-hydrogen) atoms. The summed E-state index contributed by atoms with van der Waals surface area (Å²) < 4.78 is 5.36. The fourth-order valence-corrected chi connectivity index (χ4v) is 2.90. The maximum absolute atomic E-state index is 12.2. The first-order chi connectivity index (χ1) is 10.8. The number of hydrogen-bond acceptors (Lipinski definition) is 4. The van der Waals surface area contributed by atoms with Gasteiger partial charge in [0, 0.05) is 26.2 Å². The molecule has 0 radical (unpaired) electrons. The largest absolute Gasteiger partial charge is 0.378 e. The molecule has 0 spiro atoms. The van der Waals surface area contributed by atoms with Gasteiger partial charge in [0.05, 0.1) is 24.6 Å². The van der Waals surface area contributed by atoms with E-state index in [0.717, 1.165) is 31.6 Å². The van der Waals surface area contributed by atoms with Crippen molar-refractivity contribution in [2.45, 2.75) is 12.8 Å². The quantitative estimate of drug-likeness (QED) is 0.831. The van der Waals surface area contributed by atoms with Crippen LogP contribution in [-0.2, 0) is 14.3 Å². The van der Waals surface area contributed by atoms with Gasteiger partial charge >= 0.3 is 11.8 Å². The van der Waals surface area contributed by atoms with E-state index in [1.54, 1.807) is 4.90 Å². The molecule has 2 heterocycles. The average Bonchev–Trinajstić information content (AvgIpc) is 3.10. The van der Waals surface area contributed by atoms with Crippen molar-refractivity contribution >= 4 is 23.2 Å². The van der Waals surface area contributed by atoms with Gasteiger partial charge < -0.3 is 19.9 Å². The van der Waals surface area contributed by atoms with E-state index in [9.17, 15) is 9.59 Å². The van der Waals surface area contributed by atoms with E-state index in [-0.39, 0.29) is 0 Å². The molecule has 3 rings (SSSR count). The number of amides is 2. The Morgan fingerprint density at radius 1 is 1.00 bits per heavy atom. The van der Waals surface area contributed by atoms with Crippen molar-refractivity contribution < 1.29 is 14.3 Å². The van der Waals surface area contributed by atoms with Crippen LogP contribution in [0.25, 0.3) is 0 Å². The number of nitrogens with one attached hydrogen (secondary N) is 1. The van der Waals surface area contributed by atoms with Crippen molar-refractivity contribution in [2.24, 2.45) is 0 Å². The van der Waals surface area contributed by atoms with Crippen LogP contribution in [0, 0.1) is 0 Å². The number of rotatable bonds is 2. The predicted octanol–water partition coefficient (Wildman–Crippen LogP) is 1.08. The minimum absolute atomic E-state index is 0.436. The van der Waals surface area contributed by atoms with E-state index in [2.05, 4.69) is 10.2 Å². The second-order valence-electron chi connectivity index (χ2n) is 5.57. The molecular weight excluding hydrogens is 282 g/mol. The molecule has 2 amide bonds. The second kappa shape index (κ2) is 6.79. The first-order valence-corrected chi connectivity index (χ1v) is 7.78. The van der Waals surface area contributed by atoms with Gasteiger partial charge in [-0.2, -0.15) is 0 Å². The number of anilines is 2. The molecule has 118 valence electrons. The van der Waals surface area contributed by atoms with Gasteiger partial charge in [-0.1, -0.05) is 12.1 Å². The highest BCUT2D eigenvalue weighted by Crippen LogP contribution is 2.26. The molecule has 6 heteroatoms. The smallest absolute Gasteiger partial charge is 0.313 e. The Labute approximate surface area is 130 Å². The Morgan fingerprint density at radius 2 is 1.68 bits per heavy atom. The molecule has 2 fully saturated rings. The van der Waals surface area contributed by atoms with Crippen molar-refractivity contribution in [2.75, 3.05) is 49.6 Å². The molecule has 2 aliphatic rings. The van der Waals surface area contributed by atoms with Gasteiger partial charge in [-0.05, 0) is 25.0 Å². The van der Waals surface area contributed by atoms with Crippen LogP contribution >= 0.6 is 0 Å². The molecule has 0 bridgehead atoms. The highest BCUT2D eigenvalue weighted by molar-refractivity contribution is 6.39. The summed E-state index contributed by atoms with van der Waals surface area (Å²) in [6.07, 6.45) is 1.95. The van der Waals surface area contributed by atoms with Crippen molar-refractivity contribution in [3.63, 3.8) is 0 Å². The lowest BCUT2D eigenvalue weighted by molar-refractivity contribution is -0.142. The summed E-state index contributed by atoms with van der Waals surface area (Å²) in [5.41, 5.74) is 1.62. The molecule has 6 nitrogen and oxygen atoms in total. The third kappa shape index (κ3) is 3.22. The van der Waals surface area contributed by atoms with Gasteiger partial charge in [0.25, 0.3) is 0 Å². The fraction of sp³-hybridized carbons (Fsp3) is 0.500. The molecule has 1 N–H and O–H groups in total. The summed E-state index contributed by atoms with van der Waals surface area (Å²) in [7, 11) is 0. The summed E-state index contributed by atoms with van der Waals surface area (Å²) in [5, 5.41) is 2.77. The highest BCUT2D eigenvalue weighted by Gasteiger charge is 2.25. The Kier molecular flexibility index (Phi) is 4.58.